The van der Waals surface area contributed by atoms with Crippen molar-refractivity contribution in [3.63, 3.8) is 0 Å². The van der Waals surface area contributed by atoms with Gasteiger partial charge in [0.05, 0.1) is 69.1 Å². The lowest BCUT2D eigenvalue weighted by atomic mass is 9.89. The predicted molar refractivity (Wildman–Crippen MR) is 227 cm³/mol. The molecule has 20 heteroatoms. The number of H-pyrrole nitrogens is 2. The van der Waals surface area contributed by atoms with Gasteiger partial charge in [0.2, 0.25) is 0 Å². The summed E-state index contributed by atoms with van der Waals surface area (Å²) in [5.74, 6) is -2.74. The van der Waals surface area contributed by atoms with Gasteiger partial charge in [-0.05, 0) is 110 Å². The van der Waals surface area contributed by atoms with Crippen LogP contribution in [0.15, 0.2) is 59.6 Å². The number of hydrogen-bond acceptors (Lipinski definition) is 5. The van der Waals surface area contributed by atoms with Gasteiger partial charge in [0.1, 0.15) is 0 Å². The van der Waals surface area contributed by atoms with Gasteiger partial charge < -0.3 is 9.97 Å². The van der Waals surface area contributed by atoms with E-state index in [1.807, 2.05) is 13.8 Å². The number of rotatable bonds is 6. The fraction of sp³-hybridized carbons (Fsp3) is 0.354. The lowest BCUT2D eigenvalue weighted by Crippen LogP contribution is -2.40. The number of aryl methyl sites for hydroxylation is 1. The Balaban J connectivity index is 1.33. The van der Waals surface area contributed by atoms with Crippen molar-refractivity contribution in [1.82, 2.24) is 24.8 Å². The highest BCUT2D eigenvalue weighted by Gasteiger charge is 2.42. The van der Waals surface area contributed by atoms with Crippen LogP contribution >= 0.6 is 0 Å². The zero-order valence-electron chi connectivity index (χ0n) is 36.9. The predicted octanol–water partition coefficient (Wildman–Crippen LogP) is 13.5. The van der Waals surface area contributed by atoms with Crippen LogP contribution in [-0.2, 0) is 44.2 Å². The van der Waals surface area contributed by atoms with Crippen molar-refractivity contribution in [3.05, 3.63) is 139 Å². The summed E-state index contributed by atoms with van der Waals surface area (Å²) < 4.78 is 166. The van der Waals surface area contributed by atoms with Crippen molar-refractivity contribution in [2.75, 3.05) is 0 Å². The Bertz CT molecular complexity index is 2990. The van der Waals surface area contributed by atoms with Crippen LogP contribution in [0.5, 0.6) is 0 Å². The first-order chi connectivity index (χ1) is 31.5. The third-order valence-corrected chi connectivity index (χ3v) is 12.9. The molecule has 8 bridgehead atoms. The average molecular weight is 961 g/mol. The number of nitrogens with zero attached hydrogens (tertiary/aromatic N) is 4. The van der Waals surface area contributed by atoms with E-state index in [1.54, 1.807) is 45.9 Å². The second-order valence-electron chi connectivity index (χ2n) is 17.5. The van der Waals surface area contributed by atoms with Crippen molar-refractivity contribution >= 4 is 39.7 Å². The van der Waals surface area contributed by atoms with Crippen LogP contribution in [0.2, 0.25) is 0 Å². The second kappa shape index (κ2) is 16.6. The number of aromatic nitrogens is 4. The number of hydrogen-bond donors (Lipinski definition) is 2. The Kier molecular flexibility index (Phi) is 11.7. The summed E-state index contributed by atoms with van der Waals surface area (Å²) in [6.45, 7) is 9.09. The molecule has 68 heavy (non-hydrogen) atoms. The number of allylic oxidation sites excluding steroid dienone is 2. The third-order valence-electron chi connectivity index (χ3n) is 12.9. The number of aliphatic imine (C=N–C) groups is 1. The smallest absolute Gasteiger partial charge is 0.362 e. The van der Waals surface area contributed by atoms with E-state index in [0.29, 0.717) is 86.3 Å². The van der Waals surface area contributed by atoms with E-state index >= 15 is 0 Å². The SMILES string of the molecule is CCC1c2cc3[nH]c4c(c5nc(cc6nc(cc([nH]2)C1C)C(C(C)=NCc1cc(C(F)(F)F)cc(C(F)(F)F)c1)=C6C)[C@@H](C)C5)C(=O)N(Cc1cc(C(F)(F)F)cc(C(F)(F)F)c1)C(=O)c4c3C. The Morgan fingerprint density at radius 2 is 1.24 bits per heavy atom. The van der Waals surface area contributed by atoms with Crippen molar-refractivity contribution in [1.29, 1.82) is 0 Å². The fourth-order valence-electron chi connectivity index (χ4n) is 9.30. The number of amides is 2. The largest absolute Gasteiger partial charge is 0.416 e. The molecule has 0 saturated heterocycles. The Morgan fingerprint density at radius 1 is 0.691 bits per heavy atom. The summed E-state index contributed by atoms with van der Waals surface area (Å²) in [7, 11) is 0. The van der Waals surface area contributed by atoms with Gasteiger partial charge in [0, 0.05) is 51.6 Å². The van der Waals surface area contributed by atoms with Gasteiger partial charge in [0.15, 0.2) is 0 Å². The first-order valence-corrected chi connectivity index (χ1v) is 21.3. The molecule has 0 saturated carbocycles. The summed E-state index contributed by atoms with van der Waals surface area (Å²) >= 11 is 0. The van der Waals surface area contributed by atoms with Crippen molar-refractivity contribution in [2.24, 2.45) is 4.99 Å². The fourth-order valence-corrected chi connectivity index (χ4v) is 9.30. The highest BCUT2D eigenvalue weighted by molar-refractivity contribution is 6.29. The van der Waals surface area contributed by atoms with Crippen molar-refractivity contribution in [3.8, 4) is 0 Å². The van der Waals surface area contributed by atoms with Gasteiger partial charge in [-0.3, -0.25) is 24.5 Å². The number of aromatic amines is 2. The Hall–Kier alpha value is -6.47. The molecule has 4 aliphatic rings. The monoisotopic (exact) mass is 960 g/mol. The van der Waals surface area contributed by atoms with Crippen LogP contribution in [0.1, 0.15) is 153 Å². The molecule has 2 unspecified atom stereocenters. The molecule has 2 aromatic heterocycles. The molecule has 0 aliphatic carbocycles. The van der Waals surface area contributed by atoms with E-state index in [2.05, 4.69) is 15.0 Å². The quantitative estimate of drug-likeness (QED) is 0.114. The minimum Gasteiger partial charge on any atom is -0.362 e. The first-order valence-electron chi connectivity index (χ1n) is 21.3. The molecule has 4 aromatic rings. The van der Waals surface area contributed by atoms with Gasteiger partial charge in [-0.15, -0.1) is 0 Å². The molecule has 358 valence electrons. The number of imide groups is 1. The van der Waals surface area contributed by atoms with Gasteiger partial charge in [0.25, 0.3) is 11.8 Å². The standard InChI is InChI=1S/C48H40F12N6O2/c1-7-31-21(3)33-17-38-39(24(6)61-18-25-9-27(45(49,50)51)13-28(10-25)46(52,53)54)22(4)34(64-38)15-32-20(2)8-37(62-32)41-42-40(23(5)35(65-42)16-36(31)63-33)43(67)66(44(41)68)19-26-11-29(47(55,56)57)14-30(12-26)48(58,59)60/h9-17,20-21,31,63,65H,7-8,18-19H2,1-6H3/t20-,21?,31?/m0/s1. The Labute approximate surface area is 379 Å². The number of fused-ring (bicyclic) bond motifs is 8. The maximum Gasteiger partial charge on any atom is 0.416 e. The van der Waals surface area contributed by atoms with Crippen molar-refractivity contribution in [2.45, 2.75) is 110 Å². The van der Waals surface area contributed by atoms with Crippen LogP contribution in [0.4, 0.5) is 52.7 Å². The summed E-state index contributed by atoms with van der Waals surface area (Å²) in [5, 5.41) is 0. The molecule has 0 radical (unpaired) electrons. The van der Waals surface area contributed by atoms with E-state index in [0.717, 1.165) is 0 Å². The highest BCUT2D eigenvalue weighted by atomic mass is 19.4. The van der Waals surface area contributed by atoms with E-state index < -0.39 is 83.3 Å². The molecule has 0 spiro atoms. The van der Waals surface area contributed by atoms with Gasteiger partial charge >= 0.3 is 24.7 Å². The molecule has 4 aliphatic heterocycles. The normalized spacial score (nSPS) is 18.8. The number of carbonyl (C=O) groups is 2. The first kappa shape index (κ1) is 48.0. The molecule has 2 N–H and O–H groups in total. The average Bonchev–Trinajstić information content (AvgIpc) is 3.94. The topological polar surface area (TPSA) is 107 Å². The number of alkyl halides is 12. The van der Waals surface area contributed by atoms with Gasteiger partial charge in [-0.2, -0.15) is 52.7 Å². The molecule has 6 heterocycles. The summed E-state index contributed by atoms with van der Waals surface area (Å²) in [5.41, 5.74) is -2.51. The number of nitrogens with one attached hydrogen (secondary N) is 2. The summed E-state index contributed by atoms with van der Waals surface area (Å²) in [4.78, 5) is 50.6. The zero-order chi connectivity index (χ0) is 49.7. The van der Waals surface area contributed by atoms with Crippen LogP contribution < -0.4 is 0 Å². The number of benzene rings is 2. The van der Waals surface area contributed by atoms with Crippen LogP contribution in [-0.4, -0.2) is 42.4 Å². The molecular weight excluding hydrogens is 921 g/mol. The Morgan fingerprint density at radius 3 is 1.78 bits per heavy atom. The van der Waals surface area contributed by atoms with E-state index in [4.69, 9.17) is 9.97 Å². The van der Waals surface area contributed by atoms with Crippen molar-refractivity contribution < 1.29 is 62.3 Å². The lowest BCUT2D eigenvalue weighted by molar-refractivity contribution is -0.144. The minimum atomic E-state index is -5.19. The van der Waals surface area contributed by atoms with E-state index in [-0.39, 0.29) is 64.0 Å². The van der Waals surface area contributed by atoms with Crippen LogP contribution in [0.25, 0.3) is 22.2 Å². The number of halogens is 12. The molecule has 8 nitrogen and oxygen atoms in total. The summed E-state index contributed by atoms with van der Waals surface area (Å²) in [6.07, 6.45) is -19.8. The lowest BCUT2D eigenvalue weighted by Gasteiger charge is -2.26. The van der Waals surface area contributed by atoms with Gasteiger partial charge in [-0.25, -0.2) is 4.98 Å². The molecule has 3 atom stereocenters. The summed E-state index contributed by atoms with van der Waals surface area (Å²) in [6, 6.07) is 7.35. The minimum absolute atomic E-state index is 0.0154. The van der Waals surface area contributed by atoms with Gasteiger partial charge in [-0.1, -0.05) is 20.8 Å². The van der Waals surface area contributed by atoms with Crippen LogP contribution in [0.3, 0.4) is 0 Å². The van der Waals surface area contributed by atoms with E-state index in [1.165, 1.54) is 0 Å². The molecule has 8 rings (SSSR count). The number of carbonyl (C=O) groups excluding carboxylic acids is 2. The maximum atomic E-state index is 14.6. The molecular formula is C48H40F12N6O2. The van der Waals surface area contributed by atoms with E-state index in [9.17, 15) is 62.3 Å². The molecule has 0 fully saturated rings. The maximum absolute atomic E-state index is 14.6. The highest BCUT2D eigenvalue weighted by Crippen LogP contribution is 2.43. The van der Waals surface area contributed by atoms with Crippen LogP contribution in [0, 0.1) is 6.92 Å². The second-order valence-corrected chi connectivity index (χ2v) is 17.5. The third kappa shape index (κ3) is 8.77. The zero-order valence-corrected chi connectivity index (χ0v) is 36.9. The molecule has 2 amide bonds. The molecule has 2 aromatic carbocycles.